The number of hydrogen-bond donors (Lipinski definition) is 0. The largest absolute Gasteiger partial charge is 0.478 e. The Morgan fingerprint density at radius 2 is 1.21 bits per heavy atom. The average Bonchev–Trinajstić information content (AvgIpc) is 3.09. The minimum Gasteiger partial charge on any atom is -0.478 e. The zero-order valence-electron chi connectivity index (χ0n) is 17.4. The number of unbranched alkanes of at least 4 members (excludes halogenated alkanes) is 7. The van der Waals surface area contributed by atoms with Crippen molar-refractivity contribution in [1.82, 2.24) is 9.36 Å². The Morgan fingerprint density at radius 1 is 0.690 bits per heavy atom. The summed E-state index contributed by atoms with van der Waals surface area (Å²) in [6.07, 6.45) is 10.1. The Balaban J connectivity index is 1.67. The van der Waals surface area contributed by atoms with Crippen LogP contribution in [-0.2, 0) is 0 Å². The van der Waals surface area contributed by atoms with Gasteiger partial charge in [-0.1, -0.05) is 88.3 Å². The summed E-state index contributed by atoms with van der Waals surface area (Å²) in [5.41, 5.74) is 1.64. The maximum absolute atomic E-state index is 12.8. The number of hydrogen-bond acceptors (Lipinski definition) is 2. The van der Waals surface area contributed by atoms with E-state index in [9.17, 15) is 4.79 Å². The molecule has 0 saturated carbocycles. The van der Waals surface area contributed by atoms with E-state index in [2.05, 4.69) is 6.92 Å². The first-order valence-corrected chi connectivity index (χ1v) is 10.9. The summed E-state index contributed by atoms with van der Waals surface area (Å²) in [5, 5.41) is 0. The van der Waals surface area contributed by atoms with Crippen molar-refractivity contribution in [2.75, 3.05) is 6.61 Å². The third-order valence-electron chi connectivity index (χ3n) is 5.11. The van der Waals surface area contributed by atoms with Gasteiger partial charge in [-0.3, -0.25) is 4.79 Å². The number of aromatic nitrogens is 2. The van der Waals surface area contributed by atoms with E-state index in [1.165, 1.54) is 44.9 Å². The normalized spacial score (nSPS) is 10.9. The quantitative estimate of drug-likeness (QED) is 0.347. The smallest absolute Gasteiger partial charge is 0.275 e. The monoisotopic (exact) mass is 392 g/mol. The Kier molecular flexibility index (Phi) is 8.17. The first-order chi connectivity index (χ1) is 14.3. The van der Waals surface area contributed by atoms with Crippen molar-refractivity contribution in [3.8, 4) is 17.3 Å². The van der Waals surface area contributed by atoms with E-state index >= 15 is 0 Å². The molecule has 2 aromatic carbocycles. The van der Waals surface area contributed by atoms with Gasteiger partial charge < -0.3 is 4.74 Å². The molecule has 0 aliphatic carbocycles. The van der Waals surface area contributed by atoms with Crippen LogP contribution in [0.3, 0.4) is 0 Å². The SMILES string of the molecule is CCCCCCCCCCOc1cc(=O)n(-c2ccccc2)n1-c1ccccc1. The highest BCUT2D eigenvalue weighted by atomic mass is 16.5. The summed E-state index contributed by atoms with van der Waals surface area (Å²) in [6.45, 7) is 2.87. The van der Waals surface area contributed by atoms with Crippen molar-refractivity contribution < 1.29 is 4.74 Å². The molecule has 29 heavy (non-hydrogen) atoms. The standard InChI is InChI=1S/C25H32N2O2/c1-2-3-4-5-6-7-8-15-20-29-25-21-24(28)26(22-16-11-9-12-17-22)27(25)23-18-13-10-14-19-23/h9-14,16-19,21H,2-8,15,20H2,1H3. The Morgan fingerprint density at radius 3 is 1.79 bits per heavy atom. The summed E-state index contributed by atoms with van der Waals surface area (Å²) in [6, 6.07) is 21.2. The highest BCUT2D eigenvalue weighted by Crippen LogP contribution is 2.20. The van der Waals surface area contributed by atoms with Crippen LogP contribution in [0.15, 0.2) is 71.5 Å². The van der Waals surface area contributed by atoms with Gasteiger partial charge in [0.05, 0.1) is 24.0 Å². The van der Waals surface area contributed by atoms with E-state index in [4.69, 9.17) is 4.74 Å². The van der Waals surface area contributed by atoms with E-state index in [0.29, 0.717) is 12.5 Å². The molecule has 0 spiro atoms. The van der Waals surface area contributed by atoms with Gasteiger partial charge in [-0.05, 0) is 30.7 Å². The average molecular weight is 393 g/mol. The van der Waals surface area contributed by atoms with Crippen molar-refractivity contribution in [3.63, 3.8) is 0 Å². The van der Waals surface area contributed by atoms with E-state index < -0.39 is 0 Å². The van der Waals surface area contributed by atoms with Crippen LogP contribution in [0.4, 0.5) is 0 Å². The molecule has 0 bridgehead atoms. The van der Waals surface area contributed by atoms with E-state index in [0.717, 1.165) is 17.8 Å². The summed E-state index contributed by atoms with van der Waals surface area (Å²) in [7, 11) is 0. The first-order valence-electron chi connectivity index (χ1n) is 10.9. The molecule has 0 aliphatic heterocycles. The molecule has 4 heteroatoms. The van der Waals surface area contributed by atoms with Crippen LogP contribution in [0, 0.1) is 0 Å². The third-order valence-corrected chi connectivity index (χ3v) is 5.11. The van der Waals surface area contributed by atoms with Crippen LogP contribution in [0.5, 0.6) is 5.88 Å². The molecule has 154 valence electrons. The van der Waals surface area contributed by atoms with Crippen molar-refractivity contribution in [3.05, 3.63) is 77.1 Å². The topological polar surface area (TPSA) is 36.2 Å². The minimum atomic E-state index is -0.0917. The lowest BCUT2D eigenvalue weighted by atomic mass is 10.1. The van der Waals surface area contributed by atoms with Crippen LogP contribution in [0.25, 0.3) is 11.4 Å². The van der Waals surface area contributed by atoms with Gasteiger partial charge in [0.15, 0.2) is 0 Å². The van der Waals surface area contributed by atoms with Gasteiger partial charge in [-0.25, -0.2) is 9.36 Å². The first kappa shape index (κ1) is 21.0. The summed E-state index contributed by atoms with van der Waals surface area (Å²) >= 11 is 0. The Bertz CT molecular complexity index is 898. The van der Waals surface area contributed by atoms with Crippen LogP contribution in [-0.4, -0.2) is 16.0 Å². The number of nitrogens with zero attached hydrogens (tertiary/aromatic N) is 2. The zero-order chi connectivity index (χ0) is 20.3. The zero-order valence-corrected chi connectivity index (χ0v) is 17.4. The summed E-state index contributed by atoms with van der Waals surface area (Å²) in [4.78, 5) is 12.8. The molecule has 0 fully saturated rings. The summed E-state index contributed by atoms with van der Waals surface area (Å²) in [5.74, 6) is 0.591. The Labute approximate surface area is 173 Å². The van der Waals surface area contributed by atoms with Crippen molar-refractivity contribution in [2.45, 2.75) is 58.3 Å². The van der Waals surface area contributed by atoms with Crippen LogP contribution >= 0.6 is 0 Å². The lowest BCUT2D eigenvalue weighted by molar-refractivity contribution is 0.282. The molecule has 3 aromatic rings. The molecule has 1 aromatic heterocycles. The van der Waals surface area contributed by atoms with Gasteiger partial charge in [0, 0.05) is 0 Å². The Hall–Kier alpha value is -2.75. The molecular formula is C25H32N2O2. The van der Waals surface area contributed by atoms with Crippen LogP contribution < -0.4 is 10.3 Å². The number of para-hydroxylation sites is 2. The molecule has 0 radical (unpaired) electrons. The summed E-state index contributed by atoms with van der Waals surface area (Å²) < 4.78 is 9.59. The van der Waals surface area contributed by atoms with Crippen molar-refractivity contribution in [1.29, 1.82) is 0 Å². The number of rotatable bonds is 12. The predicted octanol–water partition coefficient (Wildman–Crippen LogP) is 6.15. The van der Waals surface area contributed by atoms with E-state index in [-0.39, 0.29) is 5.56 Å². The molecular weight excluding hydrogens is 360 g/mol. The third kappa shape index (κ3) is 5.86. The van der Waals surface area contributed by atoms with E-state index in [1.807, 2.05) is 65.3 Å². The van der Waals surface area contributed by atoms with Crippen molar-refractivity contribution in [2.24, 2.45) is 0 Å². The van der Waals surface area contributed by atoms with Gasteiger partial charge in [0.2, 0.25) is 5.88 Å². The fourth-order valence-corrected chi connectivity index (χ4v) is 3.56. The molecule has 0 N–H and O–H groups in total. The van der Waals surface area contributed by atoms with Crippen LogP contribution in [0.1, 0.15) is 58.3 Å². The maximum atomic E-state index is 12.8. The second-order valence-electron chi connectivity index (χ2n) is 7.44. The van der Waals surface area contributed by atoms with Gasteiger partial charge >= 0.3 is 0 Å². The maximum Gasteiger partial charge on any atom is 0.275 e. The van der Waals surface area contributed by atoms with Crippen LogP contribution in [0.2, 0.25) is 0 Å². The molecule has 3 rings (SSSR count). The van der Waals surface area contributed by atoms with E-state index in [1.54, 1.807) is 10.7 Å². The fourth-order valence-electron chi connectivity index (χ4n) is 3.56. The van der Waals surface area contributed by atoms with Crippen molar-refractivity contribution >= 4 is 0 Å². The number of benzene rings is 2. The van der Waals surface area contributed by atoms with Gasteiger partial charge in [-0.2, -0.15) is 0 Å². The molecule has 4 nitrogen and oxygen atoms in total. The lowest BCUT2D eigenvalue weighted by Crippen LogP contribution is -2.20. The predicted molar refractivity (Wildman–Crippen MR) is 119 cm³/mol. The van der Waals surface area contributed by atoms with Gasteiger partial charge in [0.1, 0.15) is 0 Å². The molecule has 0 amide bonds. The second kappa shape index (κ2) is 11.3. The molecule has 0 unspecified atom stereocenters. The highest BCUT2D eigenvalue weighted by molar-refractivity contribution is 5.40. The molecule has 0 saturated heterocycles. The number of ether oxygens (including phenoxy) is 1. The minimum absolute atomic E-state index is 0.0917. The molecule has 1 heterocycles. The van der Waals surface area contributed by atoms with Gasteiger partial charge in [-0.15, -0.1) is 0 Å². The fraction of sp³-hybridized carbons (Fsp3) is 0.400. The molecule has 0 atom stereocenters. The highest BCUT2D eigenvalue weighted by Gasteiger charge is 2.15. The second-order valence-corrected chi connectivity index (χ2v) is 7.44. The molecule has 0 aliphatic rings. The van der Waals surface area contributed by atoms with Gasteiger partial charge in [0.25, 0.3) is 5.56 Å². The lowest BCUT2D eigenvalue weighted by Gasteiger charge is -2.15.